The number of aromatic amines is 1. The number of nitrogens with one attached hydrogen (secondary N) is 1. The third-order valence-corrected chi connectivity index (χ3v) is 5.13. The Bertz CT molecular complexity index is 1240. The van der Waals surface area contributed by atoms with Crippen molar-refractivity contribution < 1.29 is 37.3 Å². The van der Waals surface area contributed by atoms with Gasteiger partial charge in [0.1, 0.15) is 5.75 Å². The average Bonchev–Trinajstić information content (AvgIpc) is 3.18. The van der Waals surface area contributed by atoms with Crippen LogP contribution in [0.3, 0.4) is 0 Å². The molecule has 2 aromatic heterocycles. The van der Waals surface area contributed by atoms with Gasteiger partial charge in [-0.3, -0.25) is 9.78 Å². The van der Waals surface area contributed by atoms with Crippen molar-refractivity contribution in [2.24, 2.45) is 0 Å². The molecule has 0 atom stereocenters. The maximum absolute atomic E-state index is 12.5. The fourth-order valence-corrected chi connectivity index (χ4v) is 3.25. The number of nitrogens with zero attached hydrogens (tertiary/aromatic N) is 3. The van der Waals surface area contributed by atoms with Gasteiger partial charge >= 0.3 is 18.2 Å². The molecule has 3 rings (SSSR count). The first-order valence-electron chi connectivity index (χ1n) is 11.6. The minimum Gasteiger partial charge on any atom is -0.484 e. The topological polar surface area (TPSA) is 110 Å². The number of imidazole rings is 1. The first-order valence-corrected chi connectivity index (χ1v) is 12.0. The summed E-state index contributed by atoms with van der Waals surface area (Å²) in [5.74, 6) is -0.0855. The zero-order chi connectivity index (χ0) is 28.9. The summed E-state index contributed by atoms with van der Waals surface area (Å²) in [7, 11) is 1.69. The van der Waals surface area contributed by atoms with E-state index in [0.29, 0.717) is 35.6 Å². The Balaban J connectivity index is 0.000000368. The summed E-state index contributed by atoms with van der Waals surface area (Å²) in [6.07, 6.45) is -2.30. The Morgan fingerprint density at radius 3 is 2.45 bits per heavy atom. The molecule has 2 heterocycles. The lowest BCUT2D eigenvalue weighted by molar-refractivity contribution is -0.153. The Morgan fingerprint density at radius 1 is 1.21 bits per heavy atom. The number of aromatic nitrogens is 3. The highest BCUT2D eigenvalue weighted by Gasteiger charge is 2.28. The van der Waals surface area contributed by atoms with E-state index in [4.69, 9.17) is 22.1 Å². The summed E-state index contributed by atoms with van der Waals surface area (Å²) in [6.45, 7) is 6.20. The molecule has 0 saturated carbocycles. The fraction of sp³-hybridized carbons (Fsp3) is 0.440. The zero-order valence-corrected chi connectivity index (χ0v) is 22.8. The summed E-state index contributed by atoms with van der Waals surface area (Å²) >= 11 is 5.21. The number of aliphatic hydroxyl groups is 1. The molecule has 0 fully saturated rings. The second kappa shape index (κ2) is 15.7. The van der Waals surface area contributed by atoms with Crippen molar-refractivity contribution in [3.05, 3.63) is 52.6 Å². The highest BCUT2D eigenvalue weighted by Crippen LogP contribution is 2.22. The number of halogens is 3. The number of alkyl halides is 3. The van der Waals surface area contributed by atoms with Gasteiger partial charge in [-0.2, -0.15) is 13.2 Å². The number of hydrogen-bond acceptors (Lipinski definition) is 7. The van der Waals surface area contributed by atoms with E-state index in [1.807, 2.05) is 24.3 Å². The number of carbonyl (C=O) groups excluding carboxylic acids is 2. The zero-order valence-electron chi connectivity index (χ0n) is 22.0. The minimum absolute atomic E-state index is 0.208. The molecule has 0 aliphatic carbocycles. The van der Waals surface area contributed by atoms with Crippen LogP contribution < -0.4 is 4.74 Å². The van der Waals surface area contributed by atoms with E-state index in [2.05, 4.69) is 14.7 Å². The van der Waals surface area contributed by atoms with E-state index in [9.17, 15) is 22.8 Å². The molecule has 0 unspecified atom stereocenters. The molecule has 1 amide bonds. The van der Waals surface area contributed by atoms with Crippen molar-refractivity contribution >= 4 is 35.3 Å². The number of amides is 1. The van der Waals surface area contributed by atoms with Gasteiger partial charge in [-0.15, -0.1) is 0 Å². The van der Waals surface area contributed by atoms with Crippen molar-refractivity contribution in [3.63, 3.8) is 0 Å². The number of carbonyl (C=O) groups is 2. The van der Waals surface area contributed by atoms with Crippen LogP contribution in [0.2, 0.25) is 0 Å². The van der Waals surface area contributed by atoms with E-state index in [-0.39, 0.29) is 24.4 Å². The first-order chi connectivity index (χ1) is 17.8. The first kappa shape index (κ1) is 32.6. The lowest BCUT2D eigenvalue weighted by Crippen LogP contribution is -2.32. The lowest BCUT2D eigenvalue weighted by atomic mass is 10.2. The van der Waals surface area contributed by atoms with Crippen molar-refractivity contribution in [2.75, 3.05) is 33.4 Å². The molecule has 1 aromatic carbocycles. The van der Waals surface area contributed by atoms with Gasteiger partial charge in [0, 0.05) is 44.6 Å². The predicted molar refractivity (Wildman–Crippen MR) is 140 cm³/mol. The summed E-state index contributed by atoms with van der Waals surface area (Å²) < 4.78 is 46.8. The Kier molecular flexibility index (Phi) is 13.5. The van der Waals surface area contributed by atoms with Gasteiger partial charge in [0.05, 0.1) is 17.6 Å². The van der Waals surface area contributed by atoms with Crippen LogP contribution in [0.5, 0.6) is 5.75 Å². The van der Waals surface area contributed by atoms with Crippen LogP contribution in [0.25, 0.3) is 11.0 Å². The van der Waals surface area contributed by atoms with Crippen LogP contribution >= 0.6 is 12.2 Å². The number of H-pyrrole nitrogens is 1. The highest BCUT2D eigenvalue weighted by atomic mass is 32.1. The normalized spacial score (nSPS) is 10.6. The van der Waals surface area contributed by atoms with Gasteiger partial charge in [-0.1, -0.05) is 12.1 Å². The molecule has 210 valence electrons. The number of esters is 1. The average molecular weight is 559 g/mol. The van der Waals surface area contributed by atoms with Crippen LogP contribution in [0.4, 0.5) is 18.0 Å². The maximum atomic E-state index is 12.5. The summed E-state index contributed by atoms with van der Waals surface area (Å²) in [5, 5.41) is 7.57. The van der Waals surface area contributed by atoms with Crippen LogP contribution in [0, 0.1) is 18.6 Å². The van der Waals surface area contributed by atoms with Crippen molar-refractivity contribution in [1.82, 2.24) is 19.4 Å². The smallest absolute Gasteiger partial charge is 0.422 e. The molecular formula is C25H33F3N4O5S. The van der Waals surface area contributed by atoms with Gasteiger partial charge < -0.3 is 24.5 Å². The van der Waals surface area contributed by atoms with Crippen molar-refractivity contribution in [3.8, 4) is 5.75 Å². The predicted octanol–water partition coefficient (Wildman–Crippen LogP) is 5.19. The largest absolute Gasteiger partial charge is 0.484 e. The number of benzene rings is 1. The molecular weight excluding hydrogens is 525 g/mol. The number of para-hydroxylation sites is 2. The fourth-order valence-electron chi connectivity index (χ4n) is 2.96. The molecule has 0 bridgehead atoms. The molecule has 13 heteroatoms. The molecule has 0 saturated heterocycles. The van der Waals surface area contributed by atoms with E-state index in [1.54, 1.807) is 32.7 Å². The van der Waals surface area contributed by atoms with Crippen LogP contribution in [-0.4, -0.2) is 76.1 Å². The molecule has 2 N–H and O–H groups in total. The van der Waals surface area contributed by atoms with Crippen LogP contribution in [-0.2, 0) is 9.53 Å². The minimum atomic E-state index is -4.30. The van der Waals surface area contributed by atoms with E-state index in [0.717, 1.165) is 11.0 Å². The van der Waals surface area contributed by atoms with Gasteiger partial charge in [0.25, 0.3) is 0 Å². The molecule has 0 aliphatic heterocycles. The van der Waals surface area contributed by atoms with E-state index in [1.165, 1.54) is 23.8 Å². The molecule has 0 spiro atoms. The van der Waals surface area contributed by atoms with Gasteiger partial charge in [0.15, 0.2) is 11.4 Å². The van der Waals surface area contributed by atoms with Crippen molar-refractivity contribution in [2.45, 2.75) is 40.3 Å². The Morgan fingerprint density at radius 2 is 1.84 bits per heavy atom. The Labute approximate surface area is 224 Å². The molecule has 3 aromatic rings. The summed E-state index contributed by atoms with van der Waals surface area (Å²) in [6, 6.07) is 8.66. The van der Waals surface area contributed by atoms with Crippen LogP contribution in [0.15, 0.2) is 36.5 Å². The third-order valence-electron chi connectivity index (χ3n) is 4.85. The van der Waals surface area contributed by atoms with E-state index < -0.39 is 12.8 Å². The second-order valence-corrected chi connectivity index (χ2v) is 8.31. The number of aryl methyl sites for hydroxylation is 1. The van der Waals surface area contributed by atoms with Gasteiger partial charge in [0.2, 0.25) is 0 Å². The maximum Gasteiger partial charge on any atom is 0.422 e. The number of pyridine rings is 1. The van der Waals surface area contributed by atoms with Crippen molar-refractivity contribution in [1.29, 1.82) is 0 Å². The monoisotopic (exact) mass is 558 g/mol. The van der Waals surface area contributed by atoms with Crippen LogP contribution in [0.1, 0.15) is 31.5 Å². The quantitative estimate of drug-likeness (QED) is 0.243. The van der Waals surface area contributed by atoms with E-state index >= 15 is 0 Å². The number of ether oxygens (including phenoxy) is 2. The third kappa shape index (κ3) is 10.9. The summed E-state index contributed by atoms with van der Waals surface area (Å²) in [5.41, 5.74) is 2.88. The number of fused-ring (bicyclic) bond motifs is 1. The molecule has 38 heavy (non-hydrogen) atoms. The second-order valence-electron chi connectivity index (χ2n) is 7.92. The number of rotatable bonds is 6. The molecule has 9 nitrogen and oxygen atoms in total. The Hall–Kier alpha value is -3.45. The molecule has 0 radical (unpaired) electrons. The van der Waals surface area contributed by atoms with Gasteiger partial charge in [-0.25, -0.2) is 9.36 Å². The lowest BCUT2D eigenvalue weighted by Gasteiger charge is -2.17. The number of aliphatic hydroxyl groups excluding tert-OH is 1. The number of hydrogen-bond donors (Lipinski definition) is 2. The molecule has 0 aliphatic rings. The SMILES string of the molecule is CC(=O)OCCCN(C)C(=O)n1c(=S)[nH]c2ccccc21.CCO.Cc1nccc(OCC(F)(F)F)c1C. The summed E-state index contributed by atoms with van der Waals surface area (Å²) in [4.78, 5) is 31.6. The standard InChI is InChI=1S/C14H17N3O3S.C9H10F3NO.C2H6O/c1-10(18)20-9-5-8-16(2)14(19)17-12-7-4-3-6-11(12)15-13(17)21;1-6-7(2)13-4-3-8(6)14-5-9(10,11)12;1-2-3/h3-4,6-7H,5,8-9H2,1-2H3,(H,15,21);3-4H,5H2,1-2H3;3H,2H2,1H3. The highest BCUT2D eigenvalue weighted by molar-refractivity contribution is 7.71. The van der Waals surface area contributed by atoms with Gasteiger partial charge in [-0.05, 0) is 57.6 Å².